The molecule has 20 heavy (non-hydrogen) atoms. The summed E-state index contributed by atoms with van der Waals surface area (Å²) in [4.78, 5) is 35.8. The van der Waals surface area contributed by atoms with Gasteiger partial charge in [-0.15, -0.1) is 0 Å². The first-order valence-electron chi connectivity index (χ1n) is 5.36. The van der Waals surface area contributed by atoms with Crippen LogP contribution in [0.5, 0.6) is 0 Å². The van der Waals surface area contributed by atoms with E-state index in [1.54, 1.807) is 46.6 Å². The van der Waals surface area contributed by atoms with Crippen LogP contribution >= 0.6 is 0 Å². The molecule has 6 nitrogen and oxygen atoms in total. The van der Waals surface area contributed by atoms with Gasteiger partial charge in [0.05, 0.1) is 0 Å². The average Bonchev–Trinajstić information content (AvgIpc) is 2.64. The number of nitrogens with two attached hydrogens (primary N) is 1. The maximum absolute atomic E-state index is 12.0. The number of anilines is 2. The van der Waals surface area contributed by atoms with E-state index in [9.17, 15) is 14.4 Å². The Morgan fingerprint density at radius 3 is 2.65 bits per heavy atom. The first-order chi connectivity index (χ1) is 9.02. The minimum absolute atomic E-state index is 0. The van der Waals surface area contributed by atoms with Crippen LogP contribution in [0.3, 0.4) is 0 Å². The van der Waals surface area contributed by atoms with Crippen molar-refractivity contribution in [3.8, 4) is 0 Å². The molecule has 0 atom stereocenters. The molecule has 0 aliphatic carbocycles. The molecule has 1 aromatic carbocycles. The number of urea groups is 1. The van der Waals surface area contributed by atoms with Gasteiger partial charge in [0.1, 0.15) is 0 Å². The Morgan fingerprint density at radius 2 is 2.10 bits per heavy atom. The number of nitrogens with one attached hydrogen (secondary N) is 1. The summed E-state index contributed by atoms with van der Waals surface area (Å²) >= 11 is 1.58. The summed E-state index contributed by atoms with van der Waals surface area (Å²) in [5, 5.41) is 2.42. The monoisotopic (exact) mass is 571 g/mol. The van der Waals surface area contributed by atoms with Crippen LogP contribution in [0.15, 0.2) is 34.0 Å². The number of ketones is 1. The smallest absolute Gasteiger partial charge is 0 e. The molecule has 1 saturated heterocycles. The SMILES string of the molecule is NC(=O)Nc1cccc(N2CC(=O)/C(=C/[Te])C2=O)c1.[Au]. The first-order valence-corrected chi connectivity index (χ1v) is 6.71. The second-order valence-corrected chi connectivity index (χ2v) is 4.56. The van der Waals surface area contributed by atoms with E-state index in [1.807, 2.05) is 0 Å². The molecule has 108 valence electrons. The van der Waals surface area contributed by atoms with Gasteiger partial charge in [-0.25, -0.2) is 0 Å². The van der Waals surface area contributed by atoms with Gasteiger partial charge in [-0.3, -0.25) is 0 Å². The zero-order chi connectivity index (χ0) is 14.0. The van der Waals surface area contributed by atoms with Crippen LogP contribution in [-0.2, 0) is 32.0 Å². The van der Waals surface area contributed by atoms with E-state index in [-0.39, 0.29) is 46.2 Å². The number of carbonyl (C=O) groups excluding carboxylic acids is 3. The maximum atomic E-state index is 12.0. The summed E-state index contributed by atoms with van der Waals surface area (Å²) in [6.07, 6.45) is 0. The molecule has 8 heteroatoms. The number of carbonyl (C=O) groups is 3. The second-order valence-electron chi connectivity index (χ2n) is 3.89. The van der Waals surface area contributed by atoms with Crippen molar-refractivity contribution >= 4 is 51.4 Å². The van der Waals surface area contributed by atoms with Gasteiger partial charge < -0.3 is 0 Å². The number of rotatable bonds is 2. The van der Waals surface area contributed by atoms with Gasteiger partial charge in [0.2, 0.25) is 0 Å². The van der Waals surface area contributed by atoms with Gasteiger partial charge in [-0.2, -0.15) is 0 Å². The van der Waals surface area contributed by atoms with Crippen molar-refractivity contribution in [3.63, 3.8) is 0 Å². The van der Waals surface area contributed by atoms with Crippen LogP contribution in [0.2, 0.25) is 0 Å². The Bertz CT molecular complexity index is 603. The molecular formula is C12H10AuN3O3Te. The molecule has 0 unspecified atom stereocenters. The number of nitrogens with zero attached hydrogens (tertiary/aromatic N) is 1. The fraction of sp³-hybridized carbons (Fsp3) is 0.0833. The number of Topliss-reactive ketones (excluding diaryl/α,β-unsaturated/α-hetero) is 1. The third-order valence-electron chi connectivity index (χ3n) is 2.62. The summed E-state index contributed by atoms with van der Waals surface area (Å²) in [7, 11) is 0. The van der Waals surface area contributed by atoms with Crippen LogP contribution in [-0.4, -0.2) is 46.6 Å². The standard InChI is InChI=1S/C12H10N3O3Te.Au/c13-12(18)14-7-2-1-3-8(4-7)15-5-10(16)9(6-19)11(15)17;/h1-4,6H,5H2,(H3,13,14,18);/b9-6-;. The number of hydrogen-bond acceptors (Lipinski definition) is 3. The fourth-order valence-electron chi connectivity index (χ4n) is 1.78. The zero-order valence-electron chi connectivity index (χ0n) is 10.1. The third-order valence-corrected chi connectivity index (χ3v) is 3.29. The van der Waals surface area contributed by atoms with Crippen LogP contribution < -0.4 is 16.0 Å². The van der Waals surface area contributed by atoms with E-state index >= 15 is 0 Å². The first kappa shape index (κ1) is 17.0. The van der Waals surface area contributed by atoms with Crippen molar-refractivity contribution in [2.75, 3.05) is 16.8 Å². The number of hydrogen-bond donors (Lipinski definition) is 2. The normalized spacial score (nSPS) is 16.2. The fourth-order valence-corrected chi connectivity index (χ4v) is 2.45. The summed E-state index contributed by atoms with van der Waals surface area (Å²) in [5.74, 6) is -0.533. The molecule has 1 aliphatic heterocycles. The average molecular weight is 569 g/mol. The van der Waals surface area contributed by atoms with Crippen molar-refractivity contribution in [2.24, 2.45) is 5.73 Å². The summed E-state index contributed by atoms with van der Waals surface area (Å²) in [6, 6.07) is 5.92. The zero-order valence-corrected chi connectivity index (χ0v) is 14.5. The van der Waals surface area contributed by atoms with E-state index in [1.165, 1.54) is 9.02 Å². The van der Waals surface area contributed by atoms with E-state index < -0.39 is 6.03 Å². The van der Waals surface area contributed by atoms with Gasteiger partial charge in [0.25, 0.3) is 0 Å². The molecular weight excluding hydrogens is 559 g/mol. The number of amides is 3. The Morgan fingerprint density at radius 1 is 1.40 bits per heavy atom. The molecule has 0 bridgehead atoms. The van der Waals surface area contributed by atoms with Crippen molar-refractivity contribution in [1.29, 1.82) is 0 Å². The number of benzene rings is 1. The molecule has 1 aliphatic rings. The molecule has 0 saturated carbocycles. The quantitative estimate of drug-likeness (QED) is 0.302. The molecule has 2 radical (unpaired) electrons. The molecule has 1 aromatic rings. The van der Waals surface area contributed by atoms with Crippen LogP contribution in [0.25, 0.3) is 0 Å². The summed E-state index contributed by atoms with van der Waals surface area (Å²) < 4.78 is 1.52. The Kier molecular flexibility index (Phi) is 5.99. The molecule has 2 rings (SSSR count). The Hall–Kier alpha value is -1.10. The van der Waals surface area contributed by atoms with Crippen LogP contribution in [0, 0.1) is 0 Å². The van der Waals surface area contributed by atoms with Crippen LogP contribution in [0.4, 0.5) is 16.2 Å². The van der Waals surface area contributed by atoms with E-state index in [4.69, 9.17) is 5.73 Å². The largest absolute Gasteiger partial charge is 0 e. The van der Waals surface area contributed by atoms with E-state index in [0.29, 0.717) is 11.4 Å². The van der Waals surface area contributed by atoms with Gasteiger partial charge in [0, 0.05) is 22.4 Å². The maximum Gasteiger partial charge on any atom is 0 e. The molecule has 3 N–H and O–H groups in total. The van der Waals surface area contributed by atoms with Crippen molar-refractivity contribution < 1.29 is 36.8 Å². The minimum atomic E-state index is -0.685. The topological polar surface area (TPSA) is 92.5 Å². The molecule has 1 fully saturated rings. The molecule has 0 aromatic heterocycles. The Balaban J connectivity index is 0.00000200. The molecule has 1 heterocycles. The van der Waals surface area contributed by atoms with E-state index in [0.717, 1.165) is 0 Å². The molecule has 3 amide bonds. The predicted molar refractivity (Wildman–Crippen MR) is 70.8 cm³/mol. The second kappa shape index (κ2) is 7.07. The van der Waals surface area contributed by atoms with E-state index in [2.05, 4.69) is 5.32 Å². The van der Waals surface area contributed by atoms with Crippen molar-refractivity contribution in [1.82, 2.24) is 0 Å². The summed E-state index contributed by atoms with van der Waals surface area (Å²) in [5.41, 5.74) is 6.24. The number of primary amides is 1. The van der Waals surface area contributed by atoms with Crippen molar-refractivity contribution in [3.05, 3.63) is 34.0 Å². The predicted octanol–water partition coefficient (Wildman–Crippen LogP) is 0.143. The summed E-state index contributed by atoms with van der Waals surface area (Å²) in [6.45, 7) is 0.0140. The molecule has 0 spiro atoms. The Labute approximate surface area is 144 Å². The van der Waals surface area contributed by atoms with Gasteiger partial charge >= 0.3 is 122 Å². The van der Waals surface area contributed by atoms with Crippen molar-refractivity contribution in [2.45, 2.75) is 0 Å². The van der Waals surface area contributed by atoms with Crippen LogP contribution in [0.1, 0.15) is 0 Å². The minimum Gasteiger partial charge on any atom is 0 e. The van der Waals surface area contributed by atoms with Gasteiger partial charge in [0.15, 0.2) is 0 Å². The van der Waals surface area contributed by atoms with Gasteiger partial charge in [-0.1, -0.05) is 0 Å². The van der Waals surface area contributed by atoms with Gasteiger partial charge in [-0.05, 0) is 0 Å². The third kappa shape index (κ3) is 3.51.